The molecule has 6 nitrogen and oxygen atoms in total. The van der Waals surface area contributed by atoms with Crippen LogP contribution in [0, 0.1) is 6.92 Å². The number of ether oxygens (including phenoxy) is 2. The van der Waals surface area contributed by atoms with Crippen LogP contribution >= 0.6 is 0 Å². The summed E-state index contributed by atoms with van der Waals surface area (Å²) in [4.78, 5) is 4.03. The van der Waals surface area contributed by atoms with Crippen LogP contribution in [-0.4, -0.2) is 43.6 Å². The first-order valence-corrected chi connectivity index (χ1v) is 5.44. The van der Waals surface area contributed by atoms with Crippen LogP contribution in [0.4, 0.5) is 6.01 Å². The lowest BCUT2D eigenvalue weighted by molar-refractivity contribution is 0.0691. The Morgan fingerprint density at radius 3 is 2.81 bits per heavy atom. The molecule has 6 heteroatoms. The molecule has 0 bridgehead atoms. The third kappa shape index (κ3) is 5.67. The number of methoxy groups -OCH3 is 1. The highest BCUT2D eigenvalue weighted by molar-refractivity contribution is 5.17. The van der Waals surface area contributed by atoms with Gasteiger partial charge in [-0.15, -0.1) is 0 Å². The highest BCUT2D eigenvalue weighted by Gasteiger charge is 1.99. The Bertz CT molecular complexity index is 278. The zero-order valence-electron chi connectivity index (χ0n) is 9.86. The summed E-state index contributed by atoms with van der Waals surface area (Å²) < 4.78 is 15.1. The lowest BCUT2D eigenvalue weighted by Gasteiger charge is -2.03. The summed E-state index contributed by atoms with van der Waals surface area (Å²) in [6.45, 7) is 4.67. The smallest absolute Gasteiger partial charge is 0.321 e. The summed E-state index contributed by atoms with van der Waals surface area (Å²) >= 11 is 0. The molecule has 0 aliphatic rings. The minimum atomic E-state index is 0.484. The Labute approximate surface area is 95.3 Å². The molecule has 0 saturated heterocycles. The van der Waals surface area contributed by atoms with Crippen LogP contribution in [0.1, 0.15) is 18.7 Å². The first-order chi connectivity index (χ1) is 7.83. The lowest BCUT2D eigenvalue weighted by atomic mass is 10.3. The van der Waals surface area contributed by atoms with Crippen molar-refractivity contribution < 1.29 is 14.0 Å². The van der Waals surface area contributed by atoms with Gasteiger partial charge in [0.15, 0.2) is 5.82 Å². The van der Waals surface area contributed by atoms with E-state index in [1.807, 2.05) is 0 Å². The maximum absolute atomic E-state index is 5.33. The Balaban J connectivity index is 1.88. The summed E-state index contributed by atoms with van der Waals surface area (Å²) in [7, 11) is 1.67. The minimum absolute atomic E-state index is 0.484. The molecule has 1 heterocycles. The monoisotopic (exact) mass is 229 g/mol. The van der Waals surface area contributed by atoms with Crippen molar-refractivity contribution in [2.75, 3.05) is 38.8 Å². The van der Waals surface area contributed by atoms with E-state index >= 15 is 0 Å². The van der Waals surface area contributed by atoms with Gasteiger partial charge in [0.1, 0.15) is 0 Å². The molecule has 1 aromatic heterocycles. The molecule has 92 valence electrons. The molecule has 0 aliphatic heterocycles. The van der Waals surface area contributed by atoms with Gasteiger partial charge in [0, 0.05) is 20.3 Å². The number of anilines is 1. The molecule has 0 atom stereocenters. The molecule has 0 spiro atoms. The number of aromatic nitrogens is 2. The maximum atomic E-state index is 5.33. The Kier molecular flexibility index (Phi) is 6.52. The number of aryl methyl sites for hydroxylation is 1. The van der Waals surface area contributed by atoms with E-state index in [0.29, 0.717) is 25.1 Å². The molecule has 0 saturated carbocycles. The van der Waals surface area contributed by atoms with Gasteiger partial charge in [0.05, 0.1) is 13.2 Å². The number of rotatable bonds is 9. The topological polar surface area (TPSA) is 69.4 Å². The average molecular weight is 229 g/mol. The van der Waals surface area contributed by atoms with Gasteiger partial charge in [-0.05, 0) is 19.8 Å². The van der Waals surface area contributed by atoms with Crippen LogP contribution in [0.2, 0.25) is 0 Å². The summed E-state index contributed by atoms with van der Waals surface area (Å²) in [5, 5.41) is 6.73. The fourth-order valence-electron chi connectivity index (χ4n) is 1.14. The summed E-state index contributed by atoms with van der Waals surface area (Å²) in [5.74, 6) is 0.644. The van der Waals surface area contributed by atoms with Crippen molar-refractivity contribution in [3.63, 3.8) is 0 Å². The molecule has 0 aromatic carbocycles. The van der Waals surface area contributed by atoms with Crippen molar-refractivity contribution in [1.29, 1.82) is 0 Å². The molecule has 1 N–H and O–H groups in total. The highest BCUT2D eigenvalue weighted by Crippen LogP contribution is 2.02. The number of hydrogen-bond donors (Lipinski definition) is 1. The molecular weight excluding hydrogens is 210 g/mol. The molecule has 0 aliphatic carbocycles. The molecule has 1 aromatic rings. The van der Waals surface area contributed by atoms with Crippen molar-refractivity contribution in [2.24, 2.45) is 0 Å². The number of nitrogens with zero attached hydrogens (tertiary/aromatic N) is 2. The first kappa shape index (κ1) is 12.9. The van der Waals surface area contributed by atoms with E-state index < -0.39 is 0 Å². The van der Waals surface area contributed by atoms with Crippen LogP contribution in [0.5, 0.6) is 0 Å². The predicted molar refractivity (Wildman–Crippen MR) is 59.5 cm³/mol. The molecule has 1 rings (SSSR count). The second kappa shape index (κ2) is 8.06. The summed E-state index contributed by atoms with van der Waals surface area (Å²) in [6, 6.07) is 0.484. The van der Waals surface area contributed by atoms with E-state index in [4.69, 9.17) is 14.0 Å². The second-order valence-corrected chi connectivity index (χ2v) is 3.39. The standard InChI is InChI=1S/C10H19N3O3/c1-9-12-10(16-13-9)11-5-3-4-6-15-8-7-14-2/h3-8H2,1-2H3,(H,11,12,13). The van der Waals surface area contributed by atoms with Gasteiger partial charge in [-0.25, -0.2) is 0 Å². The van der Waals surface area contributed by atoms with Gasteiger partial charge in [-0.2, -0.15) is 4.98 Å². The van der Waals surface area contributed by atoms with Gasteiger partial charge in [0.2, 0.25) is 0 Å². The van der Waals surface area contributed by atoms with E-state index in [9.17, 15) is 0 Å². The second-order valence-electron chi connectivity index (χ2n) is 3.39. The molecule has 0 fully saturated rings. The first-order valence-electron chi connectivity index (χ1n) is 5.44. The number of unbranched alkanes of at least 4 members (excludes halogenated alkanes) is 1. The van der Waals surface area contributed by atoms with Gasteiger partial charge < -0.3 is 19.3 Å². The SMILES string of the molecule is COCCOCCCCNc1nc(C)no1. The number of nitrogens with one attached hydrogen (secondary N) is 1. The van der Waals surface area contributed by atoms with Crippen LogP contribution < -0.4 is 5.32 Å². The Morgan fingerprint density at radius 1 is 1.25 bits per heavy atom. The Hall–Kier alpha value is -1.14. The zero-order valence-corrected chi connectivity index (χ0v) is 9.86. The molecule has 0 radical (unpaired) electrons. The van der Waals surface area contributed by atoms with Crippen molar-refractivity contribution in [1.82, 2.24) is 10.1 Å². The van der Waals surface area contributed by atoms with E-state index in [1.54, 1.807) is 14.0 Å². The van der Waals surface area contributed by atoms with Crippen molar-refractivity contribution in [2.45, 2.75) is 19.8 Å². The van der Waals surface area contributed by atoms with E-state index in [-0.39, 0.29) is 0 Å². The third-order valence-electron chi connectivity index (χ3n) is 1.95. The highest BCUT2D eigenvalue weighted by atomic mass is 16.5. The quantitative estimate of drug-likeness (QED) is 0.642. The summed E-state index contributed by atoms with van der Waals surface area (Å²) in [5.41, 5.74) is 0. The zero-order chi connectivity index (χ0) is 11.6. The predicted octanol–water partition coefficient (Wildman–Crippen LogP) is 1.23. The molecular formula is C10H19N3O3. The normalized spacial score (nSPS) is 10.6. The fourth-order valence-corrected chi connectivity index (χ4v) is 1.14. The van der Waals surface area contributed by atoms with Crippen LogP contribution in [0.3, 0.4) is 0 Å². The molecule has 0 unspecified atom stereocenters. The van der Waals surface area contributed by atoms with Crippen LogP contribution in [0.15, 0.2) is 4.52 Å². The maximum Gasteiger partial charge on any atom is 0.321 e. The average Bonchev–Trinajstić information content (AvgIpc) is 2.68. The van der Waals surface area contributed by atoms with E-state index in [0.717, 1.165) is 26.0 Å². The molecule has 16 heavy (non-hydrogen) atoms. The minimum Gasteiger partial charge on any atom is -0.382 e. The van der Waals surface area contributed by atoms with Crippen molar-refractivity contribution in [3.8, 4) is 0 Å². The van der Waals surface area contributed by atoms with Crippen molar-refractivity contribution in [3.05, 3.63) is 5.82 Å². The van der Waals surface area contributed by atoms with E-state index in [2.05, 4.69) is 15.5 Å². The van der Waals surface area contributed by atoms with Gasteiger partial charge >= 0.3 is 6.01 Å². The van der Waals surface area contributed by atoms with E-state index in [1.165, 1.54) is 0 Å². The van der Waals surface area contributed by atoms with Gasteiger partial charge in [-0.3, -0.25) is 0 Å². The van der Waals surface area contributed by atoms with Gasteiger partial charge in [-0.1, -0.05) is 5.16 Å². The van der Waals surface area contributed by atoms with Crippen LogP contribution in [-0.2, 0) is 9.47 Å². The number of hydrogen-bond acceptors (Lipinski definition) is 6. The van der Waals surface area contributed by atoms with Gasteiger partial charge in [0.25, 0.3) is 0 Å². The lowest BCUT2D eigenvalue weighted by Crippen LogP contribution is -2.06. The molecule has 0 amide bonds. The summed E-state index contributed by atoms with van der Waals surface area (Å²) in [6.07, 6.45) is 2.01. The fraction of sp³-hybridized carbons (Fsp3) is 0.800. The van der Waals surface area contributed by atoms with Crippen LogP contribution in [0.25, 0.3) is 0 Å². The van der Waals surface area contributed by atoms with Crippen molar-refractivity contribution >= 4 is 6.01 Å². The third-order valence-corrected chi connectivity index (χ3v) is 1.95. The Morgan fingerprint density at radius 2 is 2.12 bits per heavy atom. The largest absolute Gasteiger partial charge is 0.382 e.